The first kappa shape index (κ1) is 15.2. The van der Waals surface area contributed by atoms with E-state index < -0.39 is 12.0 Å². The van der Waals surface area contributed by atoms with Crippen LogP contribution in [-0.4, -0.2) is 34.7 Å². The largest absolute Gasteiger partial charge is 0.480 e. The van der Waals surface area contributed by atoms with Crippen LogP contribution in [-0.2, 0) is 16.0 Å². The van der Waals surface area contributed by atoms with E-state index in [1.54, 1.807) is 0 Å². The summed E-state index contributed by atoms with van der Waals surface area (Å²) in [5.41, 5.74) is 2.17. The smallest absolute Gasteiger partial charge is 0.326 e. The summed E-state index contributed by atoms with van der Waals surface area (Å²) >= 11 is 0. The zero-order valence-electron chi connectivity index (χ0n) is 10.9. The number of aliphatic hydroxyl groups is 1. The van der Waals surface area contributed by atoms with Gasteiger partial charge < -0.3 is 15.5 Å². The van der Waals surface area contributed by atoms with Crippen LogP contribution in [0.1, 0.15) is 24.0 Å². The number of aryl methyl sites for hydroxylation is 2. The van der Waals surface area contributed by atoms with Crippen molar-refractivity contribution >= 4 is 11.9 Å². The maximum Gasteiger partial charge on any atom is 0.326 e. The average molecular weight is 265 g/mol. The SMILES string of the molecule is Cc1cccc(CCC(=O)NC(CCO)C(=O)O)c1. The minimum atomic E-state index is -1.13. The Balaban J connectivity index is 2.44. The van der Waals surface area contributed by atoms with Crippen LogP contribution in [0.25, 0.3) is 0 Å². The quantitative estimate of drug-likeness (QED) is 0.683. The number of carboxylic acid groups (broad SMARTS) is 1. The molecular weight excluding hydrogens is 246 g/mol. The van der Waals surface area contributed by atoms with E-state index in [0.717, 1.165) is 11.1 Å². The lowest BCUT2D eigenvalue weighted by Gasteiger charge is -2.13. The zero-order valence-corrected chi connectivity index (χ0v) is 10.9. The van der Waals surface area contributed by atoms with Gasteiger partial charge in [-0.1, -0.05) is 29.8 Å². The summed E-state index contributed by atoms with van der Waals surface area (Å²) in [4.78, 5) is 22.5. The third-order valence-corrected chi connectivity index (χ3v) is 2.77. The Hall–Kier alpha value is -1.88. The molecular formula is C14H19NO4. The highest BCUT2D eigenvalue weighted by atomic mass is 16.4. The molecule has 0 heterocycles. The van der Waals surface area contributed by atoms with Crippen LogP contribution in [0.15, 0.2) is 24.3 Å². The Bertz CT molecular complexity index is 445. The minimum Gasteiger partial charge on any atom is -0.480 e. The van der Waals surface area contributed by atoms with E-state index in [2.05, 4.69) is 5.32 Å². The summed E-state index contributed by atoms with van der Waals surface area (Å²) in [6, 6.07) is 6.81. The lowest BCUT2D eigenvalue weighted by molar-refractivity contribution is -0.142. The molecule has 0 aliphatic carbocycles. The number of carbonyl (C=O) groups is 2. The van der Waals surface area contributed by atoms with E-state index in [4.69, 9.17) is 10.2 Å². The molecule has 19 heavy (non-hydrogen) atoms. The summed E-state index contributed by atoms with van der Waals surface area (Å²) < 4.78 is 0. The molecule has 0 radical (unpaired) electrons. The van der Waals surface area contributed by atoms with Gasteiger partial charge in [-0.15, -0.1) is 0 Å². The summed E-state index contributed by atoms with van der Waals surface area (Å²) in [6.07, 6.45) is 0.823. The number of rotatable bonds is 7. The second-order valence-electron chi connectivity index (χ2n) is 4.46. The fraction of sp³-hybridized carbons (Fsp3) is 0.429. The van der Waals surface area contributed by atoms with E-state index in [1.165, 1.54) is 0 Å². The molecule has 0 fully saturated rings. The van der Waals surface area contributed by atoms with Crippen molar-refractivity contribution in [2.24, 2.45) is 0 Å². The Morgan fingerprint density at radius 3 is 2.68 bits per heavy atom. The zero-order chi connectivity index (χ0) is 14.3. The predicted molar refractivity (Wildman–Crippen MR) is 70.8 cm³/mol. The maximum absolute atomic E-state index is 11.6. The van der Waals surface area contributed by atoms with Crippen LogP contribution in [0.5, 0.6) is 0 Å². The van der Waals surface area contributed by atoms with Gasteiger partial charge in [0.1, 0.15) is 6.04 Å². The molecule has 1 aromatic rings. The summed E-state index contributed by atoms with van der Waals surface area (Å²) in [6.45, 7) is 1.71. The Morgan fingerprint density at radius 2 is 2.11 bits per heavy atom. The normalized spacial score (nSPS) is 11.9. The van der Waals surface area contributed by atoms with Gasteiger partial charge in [0, 0.05) is 19.4 Å². The molecule has 0 spiro atoms. The van der Waals surface area contributed by atoms with Gasteiger partial charge in [-0.3, -0.25) is 4.79 Å². The Morgan fingerprint density at radius 1 is 1.37 bits per heavy atom. The van der Waals surface area contributed by atoms with Crippen LogP contribution >= 0.6 is 0 Å². The standard InChI is InChI=1S/C14H19NO4/c1-10-3-2-4-11(9-10)5-6-13(17)15-12(7-8-16)14(18)19/h2-4,9,12,16H,5-8H2,1H3,(H,15,17)(H,18,19). The highest BCUT2D eigenvalue weighted by Gasteiger charge is 2.18. The van der Waals surface area contributed by atoms with Crippen molar-refractivity contribution in [3.63, 3.8) is 0 Å². The van der Waals surface area contributed by atoms with Gasteiger partial charge in [0.25, 0.3) is 0 Å². The third kappa shape index (κ3) is 5.52. The summed E-state index contributed by atoms with van der Waals surface area (Å²) in [7, 11) is 0. The number of carbonyl (C=O) groups excluding carboxylic acids is 1. The highest BCUT2D eigenvalue weighted by Crippen LogP contribution is 2.06. The Kier molecular flexibility index (Phi) is 6.02. The van der Waals surface area contributed by atoms with Gasteiger partial charge in [0.2, 0.25) is 5.91 Å². The van der Waals surface area contributed by atoms with Crippen LogP contribution in [0.3, 0.4) is 0 Å². The first-order valence-corrected chi connectivity index (χ1v) is 6.21. The molecule has 1 unspecified atom stereocenters. The summed E-state index contributed by atoms with van der Waals surface area (Å²) in [5, 5.41) is 20.0. The van der Waals surface area contributed by atoms with Crippen molar-refractivity contribution in [2.45, 2.75) is 32.2 Å². The predicted octanol–water partition coefficient (Wildman–Crippen LogP) is 0.879. The van der Waals surface area contributed by atoms with Gasteiger partial charge in [-0.2, -0.15) is 0 Å². The number of aliphatic hydroxyl groups excluding tert-OH is 1. The molecule has 3 N–H and O–H groups in total. The molecule has 0 bridgehead atoms. The van der Waals surface area contributed by atoms with Crippen molar-refractivity contribution in [1.82, 2.24) is 5.32 Å². The van der Waals surface area contributed by atoms with Gasteiger partial charge in [0.05, 0.1) is 0 Å². The molecule has 0 saturated carbocycles. The summed E-state index contributed by atoms with van der Waals surface area (Å²) in [5.74, 6) is -1.44. The van der Waals surface area contributed by atoms with Crippen LogP contribution < -0.4 is 5.32 Å². The van der Waals surface area contributed by atoms with Crippen LogP contribution in [0.4, 0.5) is 0 Å². The first-order valence-electron chi connectivity index (χ1n) is 6.21. The maximum atomic E-state index is 11.6. The number of hydrogen-bond acceptors (Lipinski definition) is 3. The highest BCUT2D eigenvalue weighted by molar-refractivity contribution is 5.83. The number of benzene rings is 1. The van der Waals surface area contributed by atoms with Crippen molar-refractivity contribution < 1.29 is 19.8 Å². The lowest BCUT2D eigenvalue weighted by atomic mass is 10.1. The first-order chi connectivity index (χ1) is 9.02. The lowest BCUT2D eigenvalue weighted by Crippen LogP contribution is -2.41. The number of aliphatic carboxylic acids is 1. The molecule has 1 amide bonds. The van der Waals surface area contributed by atoms with Crippen LogP contribution in [0.2, 0.25) is 0 Å². The Labute approximate surface area is 112 Å². The molecule has 1 rings (SSSR count). The second-order valence-corrected chi connectivity index (χ2v) is 4.46. The molecule has 1 aromatic carbocycles. The van der Waals surface area contributed by atoms with Gasteiger partial charge in [-0.05, 0) is 18.9 Å². The van der Waals surface area contributed by atoms with E-state index in [9.17, 15) is 9.59 Å². The van der Waals surface area contributed by atoms with E-state index in [0.29, 0.717) is 6.42 Å². The fourth-order valence-electron chi connectivity index (χ4n) is 1.78. The molecule has 0 aromatic heterocycles. The molecule has 1 atom stereocenters. The monoisotopic (exact) mass is 265 g/mol. The van der Waals surface area contributed by atoms with E-state index in [1.807, 2.05) is 31.2 Å². The molecule has 0 aliphatic rings. The minimum absolute atomic E-state index is 0.0194. The van der Waals surface area contributed by atoms with Crippen molar-refractivity contribution in [2.75, 3.05) is 6.61 Å². The molecule has 0 saturated heterocycles. The van der Waals surface area contributed by atoms with E-state index >= 15 is 0 Å². The van der Waals surface area contributed by atoms with Crippen LogP contribution in [0, 0.1) is 6.92 Å². The third-order valence-electron chi connectivity index (χ3n) is 2.77. The van der Waals surface area contributed by atoms with Crippen molar-refractivity contribution in [1.29, 1.82) is 0 Å². The van der Waals surface area contributed by atoms with Gasteiger partial charge >= 0.3 is 5.97 Å². The topological polar surface area (TPSA) is 86.6 Å². The molecule has 104 valence electrons. The average Bonchev–Trinajstić information content (AvgIpc) is 2.36. The van der Waals surface area contributed by atoms with Crippen molar-refractivity contribution in [3.8, 4) is 0 Å². The molecule has 0 aliphatic heterocycles. The number of hydrogen-bond donors (Lipinski definition) is 3. The molecule has 5 heteroatoms. The van der Waals surface area contributed by atoms with Crippen molar-refractivity contribution in [3.05, 3.63) is 35.4 Å². The number of nitrogens with one attached hydrogen (secondary N) is 1. The number of amides is 1. The van der Waals surface area contributed by atoms with E-state index in [-0.39, 0.29) is 25.4 Å². The second kappa shape index (κ2) is 7.53. The van der Waals surface area contributed by atoms with Gasteiger partial charge in [0.15, 0.2) is 0 Å². The fourth-order valence-corrected chi connectivity index (χ4v) is 1.78. The van der Waals surface area contributed by atoms with Gasteiger partial charge in [-0.25, -0.2) is 4.79 Å². The number of carboxylic acids is 1. The molecule has 5 nitrogen and oxygen atoms in total.